The Bertz CT molecular complexity index is 930. The predicted molar refractivity (Wildman–Crippen MR) is 118 cm³/mol. The van der Waals surface area contributed by atoms with E-state index in [1.807, 2.05) is 17.5 Å². The molecule has 1 unspecified atom stereocenters. The van der Waals surface area contributed by atoms with E-state index in [0.717, 1.165) is 4.88 Å². The number of likely N-dealkylation sites (tertiary alicyclic amines) is 1. The third-order valence-corrected chi connectivity index (χ3v) is 6.47. The quantitative estimate of drug-likeness (QED) is 0.416. The van der Waals surface area contributed by atoms with Crippen molar-refractivity contribution in [2.75, 3.05) is 34.4 Å². The number of hydrogen-bond donors (Lipinski definition) is 0. The molecule has 3 rings (SSSR count). The van der Waals surface area contributed by atoms with Gasteiger partial charge >= 0.3 is 0 Å². The van der Waals surface area contributed by atoms with E-state index < -0.39 is 5.41 Å². The van der Waals surface area contributed by atoms with Gasteiger partial charge in [0.25, 0.3) is 0 Å². The van der Waals surface area contributed by atoms with Gasteiger partial charge in [-0.25, -0.2) is 0 Å². The molecule has 1 aromatic carbocycles. The maximum atomic E-state index is 13.6. The average molecular weight is 445 g/mol. The summed E-state index contributed by atoms with van der Waals surface area (Å²) in [5.74, 6) is -0.327. The van der Waals surface area contributed by atoms with Crippen molar-refractivity contribution in [2.24, 2.45) is 0 Å². The van der Waals surface area contributed by atoms with E-state index in [2.05, 4.69) is 0 Å². The fourth-order valence-corrected chi connectivity index (χ4v) is 4.75. The Kier molecular flexibility index (Phi) is 7.46. The van der Waals surface area contributed by atoms with Crippen molar-refractivity contribution in [2.45, 2.75) is 31.2 Å². The summed E-state index contributed by atoms with van der Waals surface area (Å²) in [4.78, 5) is 43.6. The highest BCUT2D eigenvalue weighted by Crippen LogP contribution is 2.44. The van der Waals surface area contributed by atoms with Gasteiger partial charge in [-0.3, -0.25) is 19.3 Å². The zero-order valence-electron chi connectivity index (χ0n) is 18.1. The molecule has 1 aliphatic heterocycles. The van der Waals surface area contributed by atoms with E-state index >= 15 is 0 Å². The molecule has 1 fully saturated rings. The van der Waals surface area contributed by atoms with Gasteiger partial charge in [0.05, 0.1) is 19.1 Å². The zero-order valence-corrected chi connectivity index (χ0v) is 18.9. The lowest BCUT2D eigenvalue weighted by atomic mass is 9.75. The van der Waals surface area contributed by atoms with Crippen LogP contribution in [-0.2, 0) is 31.1 Å². The summed E-state index contributed by atoms with van der Waals surface area (Å²) in [5.41, 5.74) is -0.708. The number of nitrogens with zero attached hydrogens (tertiary/aromatic N) is 2. The largest absolute Gasteiger partial charge is 0.496 e. The molecule has 31 heavy (non-hydrogen) atoms. The molecule has 1 aromatic heterocycles. The van der Waals surface area contributed by atoms with Gasteiger partial charge in [0, 0.05) is 50.6 Å². The van der Waals surface area contributed by atoms with E-state index in [4.69, 9.17) is 9.47 Å². The summed E-state index contributed by atoms with van der Waals surface area (Å²) >= 11 is 1.57. The smallest absolute Gasteiger partial charge is 0.241 e. The first-order valence-corrected chi connectivity index (χ1v) is 11.0. The topological polar surface area (TPSA) is 76.2 Å². The van der Waals surface area contributed by atoms with Gasteiger partial charge in [-0.2, -0.15) is 0 Å². The van der Waals surface area contributed by atoms with Gasteiger partial charge in [0.15, 0.2) is 0 Å². The van der Waals surface area contributed by atoms with Crippen LogP contribution in [-0.4, -0.2) is 61.9 Å². The minimum absolute atomic E-state index is 0.0578. The molecule has 0 spiro atoms. The van der Waals surface area contributed by atoms with Crippen LogP contribution in [0.3, 0.4) is 0 Å². The van der Waals surface area contributed by atoms with Crippen molar-refractivity contribution in [3.8, 4) is 5.75 Å². The van der Waals surface area contributed by atoms with Crippen LogP contribution < -0.4 is 4.74 Å². The molecular weight excluding hydrogens is 416 g/mol. The molecular formula is C23H28N2O5S. The maximum absolute atomic E-state index is 13.6. The number of thiophene rings is 1. The van der Waals surface area contributed by atoms with Gasteiger partial charge in [-0.1, -0.05) is 24.3 Å². The lowest BCUT2D eigenvalue weighted by Gasteiger charge is -2.30. The molecule has 3 amide bonds. The minimum Gasteiger partial charge on any atom is -0.496 e. The third-order valence-electron chi connectivity index (χ3n) is 5.61. The summed E-state index contributed by atoms with van der Waals surface area (Å²) in [6.07, 6.45) is 0.389. The maximum Gasteiger partial charge on any atom is 0.241 e. The number of benzene rings is 1. The number of methoxy groups -OCH3 is 2. The van der Waals surface area contributed by atoms with Crippen LogP contribution in [0, 0.1) is 0 Å². The van der Waals surface area contributed by atoms with E-state index in [-0.39, 0.29) is 37.1 Å². The third kappa shape index (κ3) is 4.80. The average Bonchev–Trinajstić information content (AvgIpc) is 3.36. The van der Waals surface area contributed by atoms with Crippen LogP contribution in [0.2, 0.25) is 0 Å². The fourth-order valence-electron chi connectivity index (χ4n) is 4.00. The Morgan fingerprint density at radius 2 is 1.97 bits per heavy atom. The van der Waals surface area contributed by atoms with Gasteiger partial charge in [0.1, 0.15) is 5.75 Å². The Morgan fingerprint density at radius 3 is 2.65 bits per heavy atom. The molecule has 0 saturated carbocycles. The molecule has 0 radical (unpaired) electrons. The van der Waals surface area contributed by atoms with E-state index in [1.54, 1.807) is 54.7 Å². The van der Waals surface area contributed by atoms with Crippen molar-refractivity contribution < 1.29 is 23.9 Å². The number of hydrogen-bond acceptors (Lipinski definition) is 6. The zero-order chi connectivity index (χ0) is 22.4. The highest BCUT2D eigenvalue weighted by atomic mass is 32.1. The van der Waals surface area contributed by atoms with Crippen molar-refractivity contribution in [1.29, 1.82) is 0 Å². The fraction of sp³-hybridized carbons (Fsp3) is 0.435. The number of amides is 3. The second-order valence-corrected chi connectivity index (χ2v) is 8.69. The summed E-state index contributed by atoms with van der Waals surface area (Å²) in [6, 6.07) is 11.0. The summed E-state index contributed by atoms with van der Waals surface area (Å²) in [6.45, 7) is 1.17. The standard InChI is InChI=1S/C23H28N2O5S/c1-24(16-17-8-6-13-31-17)20(26)14-23(18-9-4-5-10-19(18)30-3)15-21(27)25(22(23)28)11-7-12-29-2/h4-6,8-10,13H,7,11-12,14-16H2,1-3H3. The SMILES string of the molecule is COCCCN1C(=O)CC(CC(=O)N(C)Cc2cccs2)(c2ccccc2OC)C1=O. The van der Waals surface area contributed by atoms with E-state index in [1.165, 1.54) is 12.0 Å². The second-order valence-electron chi connectivity index (χ2n) is 7.66. The Balaban J connectivity index is 1.93. The molecule has 2 aromatic rings. The summed E-state index contributed by atoms with van der Waals surface area (Å²) < 4.78 is 10.6. The van der Waals surface area contributed by atoms with E-state index in [9.17, 15) is 14.4 Å². The van der Waals surface area contributed by atoms with Crippen LogP contribution >= 0.6 is 11.3 Å². The van der Waals surface area contributed by atoms with Gasteiger partial charge in [-0.05, 0) is 23.9 Å². The van der Waals surface area contributed by atoms with Gasteiger partial charge < -0.3 is 14.4 Å². The highest BCUT2D eigenvalue weighted by Gasteiger charge is 2.54. The van der Waals surface area contributed by atoms with Crippen LogP contribution in [0.1, 0.15) is 29.7 Å². The van der Waals surface area contributed by atoms with Crippen LogP contribution in [0.5, 0.6) is 5.75 Å². The second kappa shape index (κ2) is 10.1. The van der Waals surface area contributed by atoms with Crippen LogP contribution in [0.25, 0.3) is 0 Å². The minimum atomic E-state index is -1.28. The molecule has 1 atom stereocenters. The van der Waals surface area contributed by atoms with Gasteiger partial charge in [-0.15, -0.1) is 11.3 Å². The molecule has 1 saturated heterocycles. The monoisotopic (exact) mass is 444 g/mol. The number of carbonyl (C=O) groups is 3. The van der Waals surface area contributed by atoms with E-state index in [0.29, 0.717) is 30.9 Å². The first-order valence-electron chi connectivity index (χ1n) is 10.2. The molecule has 166 valence electrons. The number of imide groups is 1. The first-order chi connectivity index (χ1) is 14.9. The summed E-state index contributed by atoms with van der Waals surface area (Å²) in [5, 5.41) is 1.96. The van der Waals surface area contributed by atoms with Crippen molar-refractivity contribution in [1.82, 2.24) is 9.80 Å². The van der Waals surface area contributed by atoms with Crippen molar-refractivity contribution in [3.63, 3.8) is 0 Å². The van der Waals surface area contributed by atoms with Crippen LogP contribution in [0.15, 0.2) is 41.8 Å². The number of ether oxygens (including phenoxy) is 2. The molecule has 7 nitrogen and oxygen atoms in total. The Labute approximate surface area is 186 Å². The molecule has 0 N–H and O–H groups in total. The Morgan fingerprint density at radius 1 is 1.19 bits per heavy atom. The van der Waals surface area contributed by atoms with Gasteiger partial charge in [0.2, 0.25) is 17.7 Å². The lowest BCUT2D eigenvalue weighted by Crippen LogP contribution is -2.43. The lowest BCUT2D eigenvalue weighted by molar-refractivity contribution is -0.142. The number of rotatable bonds is 10. The molecule has 0 aliphatic carbocycles. The van der Waals surface area contributed by atoms with Crippen molar-refractivity contribution in [3.05, 3.63) is 52.2 Å². The number of para-hydroxylation sites is 1. The summed E-state index contributed by atoms with van der Waals surface area (Å²) in [7, 11) is 4.82. The van der Waals surface area contributed by atoms with Crippen molar-refractivity contribution >= 4 is 29.1 Å². The molecule has 2 heterocycles. The Hall–Kier alpha value is -2.71. The highest BCUT2D eigenvalue weighted by molar-refractivity contribution is 7.09. The normalized spacial score (nSPS) is 18.5. The molecule has 0 bridgehead atoms. The number of carbonyl (C=O) groups excluding carboxylic acids is 3. The molecule has 1 aliphatic rings. The van der Waals surface area contributed by atoms with Crippen LogP contribution in [0.4, 0.5) is 0 Å². The predicted octanol–water partition coefficient (Wildman–Crippen LogP) is 2.84. The molecule has 8 heteroatoms. The first kappa shape index (κ1) is 23.0.